The van der Waals surface area contributed by atoms with Crippen molar-refractivity contribution >= 4 is 10.1 Å². The highest BCUT2D eigenvalue weighted by molar-refractivity contribution is 7.87. The van der Waals surface area contributed by atoms with Crippen LogP contribution in [-0.2, 0) is 10.1 Å². The number of rotatable bonds is 15. The van der Waals surface area contributed by atoms with Gasteiger partial charge < -0.3 is 5.11 Å². The van der Waals surface area contributed by atoms with E-state index in [1.807, 2.05) is 0 Å². The molecular weight excluding hydrogens is 300 g/mol. The lowest BCUT2D eigenvalue weighted by atomic mass is 9.98. The Labute approximate surface area is 137 Å². The summed E-state index contributed by atoms with van der Waals surface area (Å²) in [4.78, 5) is 0. The third-order valence-corrected chi connectivity index (χ3v) is 6.23. The predicted molar refractivity (Wildman–Crippen MR) is 92.7 cm³/mol. The zero-order chi connectivity index (χ0) is 16.9. The highest BCUT2D eigenvalue weighted by Gasteiger charge is 2.36. The average molecular weight is 337 g/mol. The summed E-state index contributed by atoms with van der Waals surface area (Å²) in [5.74, 6) is 0. The Balaban J connectivity index is 3.63. The van der Waals surface area contributed by atoms with Gasteiger partial charge in [-0.1, -0.05) is 77.6 Å². The van der Waals surface area contributed by atoms with E-state index in [1.165, 1.54) is 58.3 Å². The molecule has 22 heavy (non-hydrogen) atoms. The first-order chi connectivity index (χ1) is 10.4. The van der Waals surface area contributed by atoms with Gasteiger partial charge in [0.2, 0.25) is 0 Å². The van der Waals surface area contributed by atoms with Crippen molar-refractivity contribution in [1.82, 2.24) is 0 Å². The van der Waals surface area contributed by atoms with E-state index in [0.717, 1.165) is 19.3 Å². The fourth-order valence-electron chi connectivity index (χ4n) is 2.78. The Morgan fingerprint density at radius 2 is 1.18 bits per heavy atom. The van der Waals surface area contributed by atoms with Crippen LogP contribution in [0.1, 0.15) is 97.3 Å². The van der Waals surface area contributed by atoms with Gasteiger partial charge in [0.05, 0.1) is 4.75 Å². The Morgan fingerprint density at radius 1 is 0.773 bits per heavy atom. The second-order valence-electron chi connectivity index (χ2n) is 6.68. The Hall–Kier alpha value is -0.130. The van der Waals surface area contributed by atoms with Gasteiger partial charge in [-0.15, -0.1) is 0 Å². The van der Waals surface area contributed by atoms with Crippen LogP contribution in [0.2, 0.25) is 0 Å². The van der Waals surface area contributed by atoms with Crippen LogP contribution in [0.3, 0.4) is 0 Å². The maximum atomic E-state index is 11.4. The molecule has 0 saturated heterocycles. The second-order valence-corrected chi connectivity index (χ2v) is 8.62. The minimum atomic E-state index is -4.10. The number of aliphatic hydroxyl groups is 1. The van der Waals surface area contributed by atoms with Gasteiger partial charge >= 0.3 is 0 Å². The maximum Gasteiger partial charge on any atom is 0.270 e. The van der Waals surface area contributed by atoms with Crippen molar-refractivity contribution in [1.29, 1.82) is 0 Å². The average Bonchev–Trinajstić information content (AvgIpc) is 2.44. The molecule has 5 heteroatoms. The van der Waals surface area contributed by atoms with Gasteiger partial charge in [0.1, 0.15) is 0 Å². The number of hydrogen-bond acceptors (Lipinski definition) is 3. The summed E-state index contributed by atoms with van der Waals surface area (Å²) in [6, 6.07) is 0. The van der Waals surface area contributed by atoms with Crippen LogP contribution in [0.5, 0.6) is 0 Å². The third kappa shape index (κ3) is 9.80. The van der Waals surface area contributed by atoms with Crippen molar-refractivity contribution in [2.24, 2.45) is 0 Å². The molecule has 134 valence electrons. The highest BCUT2D eigenvalue weighted by Crippen LogP contribution is 2.27. The van der Waals surface area contributed by atoms with Crippen LogP contribution in [0, 0.1) is 0 Å². The van der Waals surface area contributed by atoms with Crippen molar-refractivity contribution in [2.75, 3.05) is 6.61 Å². The lowest BCUT2D eigenvalue weighted by molar-refractivity contribution is 0.257. The monoisotopic (exact) mass is 336 g/mol. The molecule has 2 N–H and O–H groups in total. The van der Waals surface area contributed by atoms with E-state index < -0.39 is 14.9 Å². The fraction of sp³-hybridized carbons (Fsp3) is 1.00. The van der Waals surface area contributed by atoms with Gasteiger partial charge in [-0.25, -0.2) is 0 Å². The fourth-order valence-corrected chi connectivity index (χ4v) is 3.53. The van der Waals surface area contributed by atoms with Crippen LogP contribution in [0.25, 0.3) is 0 Å². The molecule has 0 aromatic heterocycles. The molecular formula is C17H36O4S. The maximum absolute atomic E-state index is 11.4. The van der Waals surface area contributed by atoms with Crippen LogP contribution in [0.15, 0.2) is 0 Å². The molecule has 0 aliphatic rings. The lowest BCUT2D eigenvalue weighted by Gasteiger charge is -2.25. The molecule has 0 radical (unpaired) electrons. The van der Waals surface area contributed by atoms with Crippen molar-refractivity contribution in [3.8, 4) is 0 Å². The van der Waals surface area contributed by atoms with Crippen molar-refractivity contribution < 1.29 is 18.1 Å². The first-order valence-electron chi connectivity index (χ1n) is 8.95. The molecule has 0 rings (SSSR count). The number of aliphatic hydroxyl groups excluding tert-OH is 1. The summed E-state index contributed by atoms with van der Waals surface area (Å²) in [5.41, 5.74) is 0. The van der Waals surface area contributed by atoms with Crippen LogP contribution >= 0.6 is 0 Å². The zero-order valence-corrected chi connectivity index (χ0v) is 15.3. The van der Waals surface area contributed by atoms with Crippen molar-refractivity contribution in [3.63, 3.8) is 0 Å². The molecule has 0 bridgehead atoms. The highest BCUT2D eigenvalue weighted by atomic mass is 32.2. The van der Waals surface area contributed by atoms with Gasteiger partial charge in [0.15, 0.2) is 0 Å². The van der Waals surface area contributed by atoms with Crippen molar-refractivity contribution in [3.05, 3.63) is 0 Å². The zero-order valence-electron chi connectivity index (χ0n) is 14.5. The van der Waals surface area contributed by atoms with E-state index in [0.29, 0.717) is 6.42 Å². The quantitative estimate of drug-likeness (QED) is 0.335. The summed E-state index contributed by atoms with van der Waals surface area (Å²) >= 11 is 0. The van der Waals surface area contributed by atoms with E-state index in [4.69, 9.17) is 5.11 Å². The SMILES string of the molecule is CCCCCCCCCCCCCC(C)(CCO)S(=O)(=O)O. The van der Waals surface area contributed by atoms with Gasteiger partial charge in [0.25, 0.3) is 10.1 Å². The molecule has 4 nitrogen and oxygen atoms in total. The molecule has 1 unspecified atom stereocenters. The molecule has 0 aliphatic heterocycles. The first-order valence-corrected chi connectivity index (χ1v) is 10.4. The molecule has 0 spiro atoms. The molecule has 0 aliphatic carbocycles. The summed E-state index contributed by atoms with van der Waals surface area (Å²) in [5, 5.41) is 8.97. The summed E-state index contributed by atoms with van der Waals surface area (Å²) < 4.78 is 30.9. The van der Waals surface area contributed by atoms with Gasteiger partial charge in [-0.2, -0.15) is 8.42 Å². The van der Waals surface area contributed by atoms with E-state index >= 15 is 0 Å². The minimum Gasteiger partial charge on any atom is -0.396 e. The van der Waals surface area contributed by atoms with Gasteiger partial charge in [-0.05, 0) is 19.8 Å². The van der Waals surface area contributed by atoms with E-state index in [2.05, 4.69) is 6.92 Å². The summed E-state index contributed by atoms with van der Waals surface area (Å²) in [7, 11) is -4.10. The second kappa shape index (κ2) is 12.3. The molecule has 0 amide bonds. The van der Waals surface area contributed by atoms with E-state index in [-0.39, 0.29) is 13.0 Å². The number of hydrogen-bond donors (Lipinski definition) is 2. The molecule has 0 heterocycles. The molecule has 1 atom stereocenters. The van der Waals surface area contributed by atoms with Crippen LogP contribution < -0.4 is 0 Å². The van der Waals surface area contributed by atoms with Gasteiger partial charge in [-0.3, -0.25) is 4.55 Å². The Kier molecular flexibility index (Phi) is 12.2. The topological polar surface area (TPSA) is 74.6 Å². The van der Waals surface area contributed by atoms with Crippen molar-refractivity contribution in [2.45, 2.75) is 102 Å². The standard InChI is InChI=1S/C17H36O4S/c1-3-4-5-6-7-8-9-10-11-12-13-14-17(2,15-16-18)22(19,20)21/h18H,3-16H2,1-2H3,(H,19,20,21). The molecule has 0 aromatic carbocycles. The third-order valence-electron chi connectivity index (χ3n) is 4.57. The van der Waals surface area contributed by atoms with E-state index in [1.54, 1.807) is 0 Å². The molecule has 0 aromatic rings. The molecule has 0 saturated carbocycles. The largest absolute Gasteiger partial charge is 0.396 e. The minimum absolute atomic E-state index is 0.101. The van der Waals surface area contributed by atoms with E-state index in [9.17, 15) is 13.0 Å². The Morgan fingerprint density at radius 3 is 1.55 bits per heavy atom. The normalized spacial score (nSPS) is 14.9. The smallest absolute Gasteiger partial charge is 0.270 e. The summed E-state index contributed by atoms with van der Waals surface area (Å²) in [6.07, 6.45) is 13.9. The first kappa shape index (κ1) is 21.9. The van der Waals surface area contributed by atoms with Crippen LogP contribution in [0.4, 0.5) is 0 Å². The number of unbranched alkanes of at least 4 members (excludes halogenated alkanes) is 10. The lowest BCUT2D eigenvalue weighted by Crippen LogP contribution is -2.36. The predicted octanol–water partition coefficient (Wildman–Crippen LogP) is 4.72. The van der Waals surface area contributed by atoms with Crippen LogP contribution in [-0.4, -0.2) is 29.4 Å². The molecule has 0 fully saturated rings. The van der Waals surface area contributed by atoms with Gasteiger partial charge in [0, 0.05) is 6.61 Å². The Bertz CT molecular complexity index is 354. The summed E-state index contributed by atoms with van der Waals surface area (Å²) in [6.45, 7) is 3.54.